The Balaban J connectivity index is 1.70. The van der Waals surface area contributed by atoms with Crippen LogP contribution in [-0.4, -0.2) is 33.4 Å². The molecular formula is C23H22F3N4O3-. The standard InChI is InChI=1S/C23H23F3N4O3/c1-2-22(11-7-6-10-16(22)21(32)33)29-20(31)15-13-27-30-18(23(24,25)26)12-17(28-19(15)30)14-8-4-3-5-9-14/h3-11,13,16-18,28H,2,12H2,1H3,(H,29,31)(H,32,33)/p-1. The molecule has 7 nitrogen and oxygen atoms in total. The number of hydrogen-bond acceptors (Lipinski definition) is 5. The fourth-order valence-corrected chi connectivity index (χ4v) is 4.42. The number of fused-ring (bicyclic) bond motifs is 1. The number of aliphatic carboxylic acids is 1. The van der Waals surface area contributed by atoms with Gasteiger partial charge in [0.05, 0.1) is 23.7 Å². The minimum atomic E-state index is -4.58. The first-order chi connectivity index (χ1) is 15.7. The van der Waals surface area contributed by atoms with Crippen LogP contribution in [0.5, 0.6) is 0 Å². The average Bonchev–Trinajstić information content (AvgIpc) is 3.22. The number of amides is 1. The van der Waals surface area contributed by atoms with Crippen LogP contribution in [0.2, 0.25) is 0 Å². The van der Waals surface area contributed by atoms with Crippen LogP contribution in [0.1, 0.15) is 47.8 Å². The molecule has 1 aliphatic carbocycles. The molecule has 4 unspecified atom stereocenters. The van der Waals surface area contributed by atoms with Crippen molar-refractivity contribution in [3.05, 3.63) is 72.0 Å². The van der Waals surface area contributed by atoms with Gasteiger partial charge in [-0.2, -0.15) is 18.3 Å². The maximum Gasteiger partial charge on any atom is 0.410 e. The smallest absolute Gasteiger partial charge is 0.410 e. The van der Waals surface area contributed by atoms with Crippen molar-refractivity contribution in [2.45, 2.75) is 43.6 Å². The van der Waals surface area contributed by atoms with E-state index in [-0.39, 0.29) is 24.2 Å². The third-order valence-electron chi connectivity index (χ3n) is 6.23. The summed E-state index contributed by atoms with van der Waals surface area (Å²) in [6.07, 6.45) is 2.56. The number of nitrogens with zero attached hydrogens (tertiary/aromatic N) is 2. The second-order valence-electron chi connectivity index (χ2n) is 8.14. The van der Waals surface area contributed by atoms with Crippen LogP contribution in [0.15, 0.2) is 60.8 Å². The highest BCUT2D eigenvalue weighted by Gasteiger charge is 2.47. The van der Waals surface area contributed by atoms with E-state index in [1.165, 1.54) is 6.08 Å². The van der Waals surface area contributed by atoms with Gasteiger partial charge in [0.2, 0.25) is 0 Å². The van der Waals surface area contributed by atoms with Crippen LogP contribution in [0.4, 0.5) is 19.0 Å². The van der Waals surface area contributed by atoms with E-state index in [9.17, 15) is 27.9 Å². The predicted molar refractivity (Wildman–Crippen MR) is 112 cm³/mol. The zero-order chi connectivity index (χ0) is 23.8. The van der Waals surface area contributed by atoms with E-state index in [1.807, 2.05) is 0 Å². The number of benzene rings is 1. The van der Waals surface area contributed by atoms with Crippen molar-refractivity contribution >= 4 is 17.7 Å². The van der Waals surface area contributed by atoms with Gasteiger partial charge in [0.25, 0.3) is 5.91 Å². The molecule has 1 aromatic heterocycles. The highest BCUT2D eigenvalue weighted by Crippen LogP contribution is 2.44. The molecule has 0 bridgehead atoms. The molecule has 0 saturated carbocycles. The summed E-state index contributed by atoms with van der Waals surface area (Å²) in [4.78, 5) is 24.9. The van der Waals surface area contributed by atoms with Gasteiger partial charge in [-0.05, 0) is 12.0 Å². The Labute approximate surface area is 188 Å². The molecule has 4 atom stereocenters. The van der Waals surface area contributed by atoms with Gasteiger partial charge in [-0.25, -0.2) is 4.68 Å². The first-order valence-electron chi connectivity index (χ1n) is 10.5. The molecule has 0 radical (unpaired) electrons. The van der Waals surface area contributed by atoms with Crippen molar-refractivity contribution in [3.8, 4) is 0 Å². The highest BCUT2D eigenvalue weighted by atomic mass is 19.4. The number of anilines is 1. The lowest BCUT2D eigenvalue weighted by atomic mass is 9.78. The number of carboxylic acid groups (broad SMARTS) is 1. The van der Waals surface area contributed by atoms with Crippen LogP contribution in [0.3, 0.4) is 0 Å². The summed E-state index contributed by atoms with van der Waals surface area (Å²) in [5.41, 5.74) is -0.734. The number of allylic oxidation sites excluding steroid dienone is 2. The largest absolute Gasteiger partial charge is 0.549 e. The molecule has 2 aliphatic rings. The number of hydrogen-bond donors (Lipinski definition) is 2. The molecule has 1 aliphatic heterocycles. The van der Waals surface area contributed by atoms with Gasteiger partial charge >= 0.3 is 6.18 Å². The zero-order valence-electron chi connectivity index (χ0n) is 17.7. The Hall–Kier alpha value is -3.56. The van der Waals surface area contributed by atoms with E-state index in [4.69, 9.17) is 0 Å². The Bertz CT molecular complexity index is 1110. The van der Waals surface area contributed by atoms with E-state index in [0.29, 0.717) is 5.56 Å². The molecule has 10 heteroatoms. The number of rotatable bonds is 5. The van der Waals surface area contributed by atoms with Crippen LogP contribution in [-0.2, 0) is 4.79 Å². The number of carboxylic acids is 1. The molecule has 2 N–H and O–H groups in total. The van der Waals surface area contributed by atoms with Crippen molar-refractivity contribution in [2.24, 2.45) is 5.92 Å². The van der Waals surface area contributed by atoms with Crippen molar-refractivity contribution in [3.63, 3.8) is 0 Å². The molecule has 0 fully saturated rings. The first-order valence-corrected chi connectivity index (χ1v) is 10.5. The Kier molecular flexibility index (Phi) is 5.77. The van der Waals surface area contributed by atoms with E-state index in [2.05, 4.69) is 15.7 Å². The van der Waals surface area contributed by atoms with Crippen molar-refractivity contribution in [1.82, 2.24) is 15.1 Å². The minimum absolute atomic E-state index is 0.0680. The fraction of sp³-hybridized carbons (Fsp3) is 0.348. The van der Waals surface area contributed by atoms with Gasteiger partial charge in [0.15, 0.2) is 6.04 Å². The summed E-state index contributed by atoms with van der Waals surface area (Å²) in [6, 6.07) is 6.04. The quantitative estimate of drug-likeness (QED) is 0.717. The molecule has 0 spiro atoms. The molecule has 1 amide bonds. The average molecular weight is 459 g/mol. The lowest BCUT2D eigenvalue weighted by molar-refractivity contribution is -0.311. The summed E-state index contributed by atoms with van der Waals surface area (Å²) >= 11 is 0. The lowest BCUT2D eigenvalue weighted by Gasteiger charge is -2.39. The van der Waals surface area contributed by atoms with Crippen molar-refractivity contribution in [1.29, 1.82) is 0 Å². The number of carbonyl (C=O) groups is 2. The highest BCUT2D eigenvalue weighted by molar-refractivity contribution is 6.00. The van der Waals surface area contributed by atoms with Crippen LogP contribution >= 0.6 is 0 Å². The Morgan fingerprint density at radius 2 is 2.00 bits per heavy atom. The van der Waals surface area contributed by atoms with Crippen molar-refractivity contribution in [2.75, 3.05) is 5.32 Å². The molecule has 174 valence electrons. The van der Waals surface area contributed by atoms with Crippen LogP contribution < -0.4 is 15.7 Å². The lowest BCUT2D eigenvalue weighted by Crippen LogP contribution is -2.57. The van der Waals surface area contributed by atoms with Gasteiger partial charge in [-0.15, -0.1) is 0 Å². The molecule has 1 aromatic carbocycles. The summed E-state index contributed by atoms with van der Waals surface area (Å²) in [5.74, 6) is -3.29. The monoisotopic (exact) mass is 459 g/mol. The van der Waals surface area contributed by atoms with Gasteiger partial charge in [-0.1, -0.05) is 61.6 Å². The SMILES string of the molecule is CCC1(NC(=O)c2cnn3c2NC(c2ccccc2)CC3C(F)(F)F)C=CC=CC1C(=O)[O-]. The van der Waals surface area contributed by atoms with Crippen LogP contribution in [0.25, 0.3) is 0 Å². The second kappa shape index (κ2) is 8.42. The summed E-state index contributed by atoms with van der Waals surface area (Å²) in [5, 5.41) is 21.3. The topological polar surface area (TPSA) is 99.1 Å². The number of nitrogens with one attached hydrogen (secondary N) is 2. The van der Waals surface area contributed by atoms with E-state index in [0.717, 1.165) is 10.9 Å². The fourth-order valence-electron chi connectivity index (χ4n) is 4.42. The maximum absolute atomic E-state index is 13.9. The minimum Gasteiger partial charge on any atom is -0.549 e. The third kappa shape index (κ3) is 4.12. The van der Waals surface area contributed by atoms with Gasteiger partial charge in [0, 0.05) is 12.3 Å². The van der Waals surface area contributed by atoms with Crippen molar-refractivity contribution < 1.29 is 27.9 Å². The van der Waals surface area contributed by atoms with Crippen LogP contribution in [0, 0.1) is 5.92 Å². The summed E-state index contributed by atoms with van der Waals surface area (Å²) in [7, 11) is 0. The molecular weight excluding hydrogens is 437 g/mol. The molecule has 33 heavy (non-hydrogen) atoms. The Morgan fingerprint density at radius 1 is 1.27 bits per heavy atom. The third-order valence-corrected chi connectivity index (χ3v) is 6.23. The van der Waals surface area contributed by atoms with E-state index >= 15 is 0 Å². The number of aromatic nitrogens is 2. The Morgan fingerprint density at radius 3 is 2.64 bits per heavy atom. The van der Waals surface area contributed by atoms with Gasteiger partial charge in [-0.3, -0.25) is 4.79 Å². The summed E-state index contributed by atoms with van der Waals surface area (Å²) < 4.78 is 42.4. The zero-order valence-corrected chi connectivity index (χ0v) is 17.7. The molecule has 2 aromatic rings. The van der Waals surface area contributed by atoms with Gasteiger partial charge < -0.3 is 20.5 Å². The first kappa shape index (κ1) is 22.6. The number of alkyl halides is 3. The molecule has 2 heterocycles. The maximum atomic E-state index is 13.9. The van der Waals surface area contributed by atoms with E-state index in [1.54, 1.807) is 55.5 Å². The van der Waals surface area contributed by atoms with Gasteiger partial charge in [0.1, 0.15) is 11.4 Å². The second-order valence-corrected chi connectivity index (χ2v) is 8.14. The normalized spacial score (nSPS) is 26.4. The molecule has 4 rings (SSSR count). The van der Waals surface area contributed by atoms with E-state index < -0.39 is 41.6 Å². The predicted octanol–water partition coefficient (Wildman–Crippen LogP) is 2.91. The number of halogens is 3. The molecule has 0 saturated heterocycles. The summed E-state index contributed by atoms with van der Waals surface area (Å²) in [6.45, 7) is 1.70. The number of carbonyl (C=O) groups excluding carboxylic acids is 2.